The summed E-state index contributed by atoms with van der Waals surface area (Å²) in [6, 6.07) is 8.19. The first-order chi connectivity index (χ1) is 11.6. The molecular formula is C18H24ClN5. The highest BCUT2D eigenvalue weighted by Gasteiger charge is 2.44. The molecule has 0 spiro atoms. The zero-order chi connectivity index (χ0) is 17.0. The number of aryl methyl sites for hydroxylation is 1. The smallest absolute Gasteiger partial charge is 0.191 e. The van der Waals surface area contributed by atoms with Crippen molar-refractivity contribution in [2.45, 2.75) is 24.7 Å². The number of nitrogens with zero attached hydrogens (tertiary/aromatic N) is 3. The minimum absolute atomic E-state index is 0.200. The molecule has 2 aromatic rings. The first-order valence-corrected chi connectivity index (χ1v) is 8.67. The first-order valence-electron chi connectivity index (χ1n) is 8.29. The summed E-state index contributed by atoms with van der Waals surface area (Å²) in [6.07, 6.45) is 7.24. The third kappa shape index (κ3) is 4.09. The van der Waals surface area contributed by atoms with Crippen molar-refractivity contribution in [1.29, 1.82) is 0 Å². The zero-order valence-electron chi connectivity index (χ0n) is 14.2. The second-order valence-corrected chi connectivity index (χ2v) is 6.85. The lowest BCUT2D eigenvalue weighted by Gasteiger charge is -2.19. The van der Waals surface area contributed by atoms with Crippen LogP contribution < -0.4 is 10.6 Å². The average molecular weight is 346 g/mol. The monoisotopic (exact) mass is 345 g/mol. The lowest BCUT2D eigenvalue weighted by molar-refractivity contribution is 0.645. The molecular weight excluding hydrogens is 322 g/mol. The van der Waals surface area contributed by atoms with E-state index in [1.807, 2.05) is 36.3 Å². The molecule has 1 aromatic heterocycles. The predicted octanol–water partition coefficient (Wildman–Crippen LogP) is 2.51. The Morgan fingerprint density at radius 1 is 1.38 bits per heavy atom. The lowest BCUT2D eigenvalue weighted by Crippen LogP contribution is -2.41. The largest absolute Gasteiger partial charge is 0.356 e. The van der Waals surface area contributed by atoms with Crippen LogP contribution in [0.4, 0.5) is 0 Å². The summed E-state index contributed by atoms with van der Waals surface area (Å²) in [6.45, 7) is 1.70. The number of nitrogens with one attached hydrogen (secondary N) is 2. The van der Waals surface area contributed by atoms with E-state index in [0.29, 0.717) is 0 Å². The summed E-state index contributed by atoms with van der Waals surface area (Å²) in [5.74, 6) is 0.840. The highest BCUT2D eigenvalue weighted by atomic mass is 35.5. The van der Waals surface area contributed by atoms with Crippen LogP contribution in [0.25, 0.3) is 0 Å². The molecule has 1 heterocycles. The van der Waals surface area contributed by atoms with Gasteiger partial charge in [0.25, 0.3) is 0 Å². The third-order valence-corrected chi connectivity index (χ3v) is 4.81. The molecule has 0 unspecified atom stereocenters. The van der Waals surface area contributed by atoms with Gasteiger partial charge in [-0.15, -0.1) is 0 Å². The van der Waals surface area contributed by atoms with Crippen molar-refractivity contribution in [3.63, 3.8) is 0 Å². The fourth-order valence-corrected chi connectivity index (χ4v) is 3.13. The van der Waals surface area contributed by atoms with E-state index in [1.54, 1.807) is 7.05 Å². The Labute approximate surface area is 148 Å². The van der Waals surface area contributed by atoms with E-state index in [4.69, 9.17) is 11.6 Å². The Hall–Kier alpha value is -2.01. The van der Waals surface area contributed by atoms with Gasteiger partial charge in [0, 0.05) is 43.8 Å². The van der Waals surface area contributed by atoms with Crippen LogP contribution in [0.1, 0.15) is 24.0 Å². The molecule has 5 nitrogen and oxygen atoms in total. The molecule has 0 radical (unpaired) electrons. The van der Waals surface area contributed by atoms with Crippen LogP contribution in [0.5, 0.6) is 0 Å². The van der Waals surface area contributed by atoms with Crippen molar-refractivity contribution in [2.75, 3.05) is 20.1 Å². The summed E-state index contributed by atoms with van der Waals surface area (Å²) in [4.78, 5) is 4.31. The molecule has 1 fully saturated rings. The average Bonchev–Trinajstić information content (AvgIpc) is 3.26. The number of hydrogen-bond acceptors (Lipinski definition) is 2. The van der Waals surface area contributed by atoms with Gasteiger partial charge in [-0.1, -0.05) is 23.7 Å². The maximum atomic E-state index is 6.13. The highest BCUT2D eigenvalue weighted by molar-refractivity contribution is 6.30. The van der Waals surface area contributed by atoms with E-state index >= 15 is 0 Å². The van der Waals surface area contributed by atoms with Crippen LogP contribution in [-0.2, 0) is 18.9 Å². The van der Waals surface area contributed by atoms with Gasteiger partial charge in [0.1, 0.15) is 0 Å². The van der Waals surface area contributed by atoms with Gasteiger partial charge in [0.2, 0.25) is 0 Å². The highest BCUT2D eigenvalue weighted by Crippen LogP contribution is 2.48. The molecule has 24 heavy (non-hydrogen) atoms. The molecule has 2 N–H and O–H groups in total. The Morgan fingerprint density at radius 3 is 2.83 bits per heavy atom. The summed E-state index contributed by atoms with van der Waals surface area (Å²) >= 11 is 6.13. The second-order valence-electron chi connectivity index (χ2n) is 6.42. The minimum Gasteiger partial charge on any atom is -0.356 e. The molecule has 128 valence electrons. The van der Waals surface area contributed by atoms with E-state index in [2.05, 4.69) is 32.9 Å². The lowest BCUT2D eigenvalue weighted by atomic mass is 9.96. The minimum atomic E-state index is 0.200. The molecule has 0 aliphatic heterocycles. The van der Waals surface area contributed by atoms with Gasteiger partial charge in [-0.05, 0) is 42.5 Å². The summed E-state index contributed by atoms with van der Waals surface area (Å²) in [5, 5.41) is 11.8. The molecule has 0 amide bonds. The number of guanidine groups is 1. The number of hydrogen-bond donors (Lipinski definition) is 2. The third-order valence-electron chi connectivity index (χ3n) is 4.57. The predicted molar refractivity (Wildman–Crippen MR) is 98.6 cm³/mol. The molecule has 0 saturated heterocycles. The Balaban J connectivity index is 1.49. The van der Waals surface area contributed by atoms with E-state index in [1.165, 1.54) is 24.0 Å². The van der Waals surface area contributed by atoms with Crippen molar-refractivity contribution in [1.82, 2.24) is 20.4 Å². The molecule has 3 rings (SSSR count). The van der Waals surface area contributed by atoms with Crippen LogP contribution in [0.3, 0.4) is 0 Å². The molecule has 1 aliphatic rings. The van der Waals surface area contributed by atoms with E-state index in [0.717, 1.165) is 30.5 Å². The topological polar surface area (TPSA) is 54.2 Å². The van der Waals surface area contributed by atoms with Gasteiger partial charge in [-0.25, -0.2) is 0 Å². The Kier molecular flexibility index (Phi) is 5.09. The van der Waals surface area contributed by atoms with Gasteiger partial charge in [0.05, 0.1) is 6.20 Å². The van der Waals surface area contributed by atoms with Crippen molar-refractivity contribution in [2.24, 2.45) is 12.0 Å². The van der Waals surface area contributed by atoms with E-state index in [-0.39, 0.29) is 5.41 Å². The van der Waals surface area contributed by atoms with E-state index in [9.17, 15) is 0 Å². The number of rotatable bonds is 6. The molecule has 1 saturated carbocycles. The maximum Gasteiger partial charge on any atom is 0.191 e. The summed E-state index contributed by atoms with van der Waals surface area (Å²) in [7, 11) is 3.74. The van der Waals surface area contributed by atoms with Gasteiger partial charge in [-0.2, -0.15) is 5.10 Å². The Morgan fingerprint density at radius 2 is 2.21 bits per heavy atom. The second kappa shape index (κ2) is 7.26. The van der Waals surface area contributed by atoms with Gasteiger partial charge in [-0.3, -0.25) is 9.67 Å². The number of benzene rings is 1. The normalized spacial score (nSPS) is 16.0. The fourth-order valence-electron chi connectivity index (χ4n) is 2.94. The summed E-state index contributed by atoms with van der Waals surface area (Å²) in [5.41, 5.74) is 2.73. The summed E-state index contributed by atoms with van der Waals surface area (Å²) < 4.78 is 1.82. The van der Waals surface area contributed by atoms with Crippen LogP contribution in [0.2, 0.25) is 5.02 Å². The quantitative estimate of drug-likeness (QED) is 0.625. The maximum absolute atomic E-state index is 6.13. The van der Waals surface area contributed by atoms with Gasteiger partial charge in [0.15, 0.2) is 5.96 Å². The van der Waals surface area contributed by atoms with Crippen LogP contribution in [-0.4, -0.2) is 35.9 Å². The Bertz CT molecular complexity index is 718. The number of aromatic nitrogens is 2. The van der Waals surface area contributed by atoms with Crippen molar-refractivity contribution >= 4 is 17.6 Å². The van der Waals surface area contributed by atoms with Crippen molar-refractivity contribution in [3.8, 4) is 0 Å². The number of halogens is 1. The first kappa shape index (κ1) is 16.8. The molecule has 0 bridgehead atoms. The van der Waals surface area contributed by atoms with Crippen LogP contribution in [0.15, 0.2) is 41.7 Å². The fraction of sp³-hybridized carbons (Fsp3) is 0.444. The van der Waals surface area contributed by atoms with Crippen LogP contribution in [0, 0.1) is 0 Å². The standard InChI is InChI=1S/C18H24ClN5/c1-20-17(21-9-6-14-11-23-24(2)12-14)22-13-18(7-8-18)15-4-3-5-16(19)10-15/h3-5,10-12H,6-9,13H2,1-2H3,(H2,20,21,22). The van der Waals surface area contributed by atoms with Gasteiger partial charge < -0.3 is 10.6 Å². The molecule has 0 atom stereocenters. The van der Waals surface area contributed by atoms with Crippen molar-refractivity contribution in [3.05, 3.63) is 52.8 Å². The molecule has 1 aliphatic carbocycles. The van der Waals surface area contributed by atoms with Crippen molar-refractivity contribution < 1.29 is 0 Å². The zero-order valence-corrected chi connectivity index (χ0v) is 15.0. The molecule has 6 heteroatoms. The van der Waals surface area contributed by atoms with Crippen LogP contribution >= 0.6 is 11.6 Å². The van der Waals surface area contributed by atoms with Gasteiger partial charge >= 0.3 is 0 Å². The molecule has 1 aromatic carbocycles. The SMILES string of the molecule is CN=C(NCCc1cnn(C)c1)NCC1(c2cccc(Cl)c2)CC1. The van der Waals surface area contributed by atoms with E-state index < -0.39 is 0 Å². The number of aliphatic imine (C=N–C) groups is 1.